The second-order valence-corrected chi connectivity index (χ2v) is 7.56. The van der Waals surface area contributed by atoms with Crippen LogP contribution in [0.25, 0.3) is 11.4 Å². The molecule has 29 heavy (non-hydrogen) atoms. The quantitative estimate of drug-likeness (QED) is 0.554. The van der Waals surface area contributed by atoms with Gasteiger partial charge in [0.15, 0.2) is 11.0 Å². The molecular formula is C19H16ClF3N4OS. The first-order valence-electron chi connectivity index (χ1n) is 8.41. The molecule has 3 rings (SSSR count). The number of rotatable bonds is 5. The number of amides is 1. The Morgan fingerprint density at radius 1 is 1.21 bits per heavy atom. The molecule has 0 spiro atoms. The predicted octanol–water partition coefficient (Wildman–Crippen LogP) is 5.19. The van der Waals surface area contributed by atoms with Crippen LogP contribution in [0.15, 0.2) is 47.6 Å². The lowest BCUT2D eigenvalue weighted by Crippen LogP contribution is -2.15. The van der Waals surface area contributed by atoms with Crippen molar-refractivity contribution in [2.75, 3.05) is 11.1 Å². The number of carbonyl (C=O) groups is 1. The zero-order valence-corrected chi connectivity index (χ0v) is 17.0. The molecule has 0 aliphatic rings. The van der Waals surface area contributed by atoms with Crippen molar-refractivity contribution < 1.29 is 18.0 Å². The van der Waals surface area contributed by atoms with Gasteiger partial charge in [0.05, 0.1) is 16.3 Å². The number of anilines is 1. The van der Waals surface area contributed by atoms with Gasteiger partial charge in [0.2, 0.25) is 5.91 Å². The molecule has 2 aromatic carbocycles. The van der Waals surface area contributed by atoms with Crippen LogP contribution in [0.1, 0.15) is 11.1 Å². The van der Waals surface area contributed by atoms with Crippen LogP contribution in [0.2, 0.25) is 5.02 Å². The molecule has 5 nitrogen and oxygen atoms in total. The van der Waals surface area contributed by atoms with Gasteiger partial charge in [0.25, 0.3) is 0 Å². The van der Waals surface area contributed by atoms with E-state index >= 15 is 0 Å². The van der Waals surface area contributed by atoms with Crippen molar-refractivity contribution in [1.29, 1.82) is 0 Å². The molecule has 0 aliphatic carbocycles. The van der Waals surface area contributed by atoms with Crippen LogP contribution in [-0.4, -0.2) is 26.4 Å². The standard InChI is InChI=1S/C19H16ClF3N4OS/c1-11-5-3-4-6-13(11)17-25-26-18(27(17)2)29-10-16(28)24-12-7-8-15(20)14(9-12)19(21,22)23/h3-9H,10H2,1-2H3,(H,24,28). The van der Waals surface area contributed by atoms with Crippen molar-refractivity contribution in [3.8, 4) is 11.4 Å². The van der Waals surface area contributed by atoms with E-state index in [0.29, 0.717) is 11.0 Å². The van der Waals surface area contributed by atoms with Gasteiger partial charge in [-0.3, -0.25) is 4.79 Å². The molecule has 0 unspecified atom stereocenters. The molecule has 1 heterocycles. The third-order valence-corrected chi connectivity index (χ3v) is 5.46. The first-order valence-corrected chi connectivity index (χ1v) is 9.78. The second kappa shape index (κ2) is 8.46. The summed E-state index contributed by atoms with van der Waals surface area (Å²) in [5.41, 5.74) is 0.992. The van der Waals surface area contributed by atoms with Crippen molar-refractivity contribution in [2.24, 2.45) is 7.05 Å². The van der Waals surface area contributed by atoms with E-state index in [0.717, 1.165) is 35.0 Å². The van der Waals surface area contributed by atoms with E-state index in [1.807, 2.05) is 31.2 Å². The number of nitrogens with zero attached hydrogens (tertiary/aromatic N) is 3. The highest BCUT2D eigenvalue weighted by atomic mass is 35.5. The average Bonchev–Trinajstić information content (AvgIpc) is 3.01. The largest absolute Gasteiger partial charge is 0.417 e. The summed E-state index contributed by atoms with van der Waals surface area (Å²) in [6.07, 6.45) is -4.60. The number of carbonyl (C=O) groups excluding carboxylic acids is 1. The van der Waals surface area contributed by atoms with Crippen LogP contribution in [-0.2, 0) is 18.0 Å². The molecule has 1 N–H and O–H groups in total. The minimum Gasteiger partial charge on any atom is -0.325 e. The molecular weight excluding hydrogens is 425 g/mol. The van der Waals surface area contributed by atoms with E-state index in [4.69, 9.17) is 11.6 Å². The molecule has 152 valence electrons. The Labute approximate surface area is 174 Å². The minimum atomic E-state index is -4.60. The highest BCUT2D eigenvalue weighted by molar-refractivity contribution is 7.99. The van der Waals surface area contributed by atoms with Gasteiger partial charge in [-0.05, 0) is 30.7 Å². The van der Waals surface area contributed by atoms with Crippen LogP contribution in [0.5, 0.6) is 0 Å². The first kappa shape index (κ1) is 21.2. The zero-order valence-electron chi connectivity index (χ0n) is 15.4. The number of thioether (sulfide) groups is 1. The van der Waals surface area contributed by atoms with Crippen molar-refractivity contribution in [3.05, 3.63) is 58.6 Å². The van der Waals surface area contributed by atoms with Gasteiger partial charge in [-0.15, -0.1) is 10.2 Å². The molecule has 0 radical (unpaired) electrons. The van der Waals surface area contributed by atoms with Crippen LogP contribution in [0.3, 0.4) is 0 Å². The summed E-state index contributed by atoms with van der Waals surface area (Å²) in [4.78, 5) is 12.2. The molecule has 0 atom stereocenters. The topological polar surface area (TPSA) is 59.8 Å². The fraction of sp³-hybridized carbons (Fsp3) is 0.211. The molecule has 0 bridgehead atoms. The van der Waals surface area contributed by atoms with Crippen LogP contribution in [0.4, 0.5) is 18.9 Å². The van der Waals surface area contributed by atoms with Gasteiger partial charge >= 0.3 is 6.18 Å². The van der Waals surface area contributed by atoms with Crippen LogP contribution >= 0.6 is 23.4 Å². The summed E-state index contributed by atoms with van der Waals surface area (Å²) >= 11 is 6.72. The molecule has 10 heteroatoms. The summed E-state index contributed by atoms with van der Waals surface area (Å²) < 4.78 is 40.6. The number of alkyl halides is 3. The van der Waals surface area contributed by atoms with Gasteiger partial charge in [-0.2, -0.15) is 13.2 Å². The number of benzene rings is 2. The molecule has 1 amide bonds. The molecule has 0 fully saturated rings. The lowest BCUT2D eigenvalue weighted by Gasteiger charge is -2.11. The minimum absolute atomic E-state index is 0.0193. The Morgan fingerprint density at radius 2 is 1.93 bits per heavy atom. The van der Waals surface area contributed by atoms with E-state index in [1.54, 1.807) is 11.6 Å². The van der Waals surface area contributed by atoms with E-state index in [2.05, 4.69) is 15.5 Å². The third-order valence-electron chi connectivity index (χ3n) is 4.11. The number of aryl methyl sites for hydroxylation is 1. The maximum Gasteiger partial charge on any atom is 0.417 e. The van der Waals surface area contributed by atoms with E-state index in [9.17, 15) is 18.0 Å². The molecule has 1 aromatic heterocycles. The van der Waals surface area contributed by atoms with Crippen molar-refractivity contribution in [2.45, 2.75) is 18.3 Å². The van der Waals surface area contributed by atoms with Gasteiger partial charge in [-0.1, -0.05) is 47.6 Å². The van der Waals surface area contributed by atoms with Crippen molar-refractivity contribution in [1.82, 2.24) is 14.8 Å². The number of nitrogens with one attached hydrogen (secondary N) is 1. The maximum absolute atomic E-state index is 12.9. The van der Waals surface area contributed by atoms with E-state index < -0.39 is 22.7 Å². The van der Waals surface area contributed by atoms with Gasteiger partial charge in [0.1, 0.15) is 0 Å². The van der Waals surface area contributed by atoms with Gasteiger partial charge < -0.3 is 9.88 Å². The third kappa shape index (κ3) is 4.91. The molecule has 0 saturated carbocycles. The van der Waals surface area contributed by atoms with Crippen molar-refractivity contribution in [3.63, 3.8) is 0 Å². The Hall–Kier alpha value is -2.52. The van der Waals surface area contributed by atoms with Gasteiger partial charge in [-0.25, -0.2) is 0 Å². The zero-order chi connectivity index (χ0) is 21.2. The monoisotopic (exact) mass is 440 g/mol. The summed E-state index contributed by atoms with van der Waals surface area (Å²) in [6, 6.07) is 11.0. The fourth-order valence-corrected chi connectivity index (χ4v) is 3.58. The molecule has 3 aromatic rings. The average molecular weight is 441 g/mol. The maximum atomic E-state index is 12.9. The lowest BCUT2D eigenvalue weighted by atomic mass is 10.1. The van der Waals surface area contributed by atoms with Gasteiger partial charge in [0, 0.05) is 18.3 Å². The smallest absolute Gasteiger partial charge is 0.325 e. The number of halogens is 4. The number of hydrogen-bond acceptors (Lipinski definition) is 4. The molecule has 0 saturated heterocycles. The second-order valence-electron chi connectivity index (χ2n) is 6.21. The highest BCUT2D eigenvalue weighted by Crippen LogP contribution is 2.36. The summed E-state index contributed by atoms with van der Waals surface area (Å²) in [5.74, 6) is 0.161. The Bertz CT molecular complexity index is 1050. The first-order chi connectivity index (χ1) is 13.7. The predicted molar refractivity (Wildman–Crippen MR) is 107 cm³/mol. The number of aromatic nitrogens is 3. The lowest BCUT2D eigenvalue weighted by molar-refractivity contribution is -0.137. The Morgan fingerprint density at radius 3 is 2.62 bits per heavy atom. The normalized spacial score (nSPS) is 11.5. The summed E-state index contributed by atoms with van der Waals surface area (Å²) in [5, 5.41) is 10.8. The van der Waals surface area contributed by atoms with Crippen molar-refractivity contribution >= 4 is 35.0 Å². The number of hydrogen-bond donors (Lipinski definition) is 1. The van der Waals surface area contributed by atoms with E-state index in [1.165, 1.54) is 6.07 Å². The summed E-state index contributed by atoms with van der Waals surface area (Å²) in [7, 11) is 1.79. The Balaban J connectivity index is 1.67. The van der Waals surface area contributed by atoms with Crippen LogP contribution in [0, 0.1) is 6.92 Å². The summed E-state index contributed by atoms with van der Waals surface area (Å²) in [6.45, 7) is 1.96. The SMILES string of the molecule is Cc1ccccc1-c1nnc(SCC(=O)Nc2ccc(Cl)c(C(F)(F)F)c2)n1C. The fourth-order valence-electron chi connectivity index (χ4n) is 2.65. The highest BCUT2D eigenvalue weighted by Gasteiger charge is 2.33. The van der Waals surface area contributed by atoms with E-state index in [-0.39, 0.29) is 11.4 Å². The molecule has 0 aliphatic heterocycles. The Kier molecular flexibility index (Phi) is 6.18. The van der Waals surface area contributed by atoms with Crippen LogP contribution < -0.4 is 5.32 Å².